The van der Waals surface area contributed by atoms with Crippen LogP contribution >= 0.6 is 11.6 Å². The van der Waals surface area contributed by atoms with Crippen molar-refractivity contribution in [3.63, 3.8) is 0 Å². The molecule has 1 aromatic carbocycles. The van der Waals surface area contributed by atoms with Gasteiger partial charge in [-0.3, -0.25) is 0 Å². The van der Waals surface area contributed by atoms with Gasteiger partial charge >= 0.3 is 0 Å². The lowest BCUT2D eigenvalue weighted by Gasteiger charge is -2.00. The molecule has 86 valence electrons. The highest BCUT2D eigenvalue weighted by atomic mass is 35.5. The Morgan fingerprint density at radius 2 is 2.12 bits per heavy atom. The Morgan fingerprint density at radius 3 is 2.81 bits per heavy atom. The van der Waals surface area contributed by atoms with Crippen LogP contribution in [0, 0.1) is 6.92 Å². The van der Waals surface area contributed by atoms with E-state index in [0.717, 1.165) is 24.4 Å². The molecule has 2 aromatic rings. The SMILES string of the molecule is Cc1c(CCCN)c2cc(Cl)ccc2n1C. The minimum absolute atomic E-state index is 0.733. The molecule has 0 saturated carbocycles. The zero-order valence-electron chi connectivity index (χ0n) is 9.76. The van der Waals surface area contributed by atoms with Gasteiger partial charge in [-0.1, -0.05) is 11.6 Å². The molecule has 0 atom stereocenters. The van der Waals surface area contributed by atoms with Gasteiger partial charge < -0.3 is 10.3 Å². The van der Waals surface area contributed by atoms with E-state index in [1.807, 2.05) is 6.07 Å². The van der Waals surface area contributed by atoms with Gasteiger partial charge in [-0.25, -0.2) is 0 Å². The molecule has 16 heavy (non-hydrogen) atoms. The predicted molar refractivity (Wildman–Crippen MR) is 70.0 cm³/mol. The maximum atomic E-state index is 6.05. The van der Waals surface area contributed by atoms with Gasteiger partial charge in [0, 0.05) is 28.7 Å². The second-order valence-corrected chi connectivity index (χ2v) is 4.61. The summed E-state index contributed by atoms with van der Waals surface area (Å²) in [5.41, 5.74) is 9.51. The van der Waals surface area contributed by atoms with Crippen LogP contribution in [0.25, 0.3) is 10.9 Å². The van der Waals surface area contributed by atoms with E-state index in [2.05, 4.69) is 30.7 Å². The van der Waals surface area contributed by atoms with Crippen LogP contribution in [-0.4, -0.2) is 11.1 Å². The molecule has 0 fully saturated rings. The van der Waals surface area contributed by atoms with Crippen LogP contribution in [0.4, 0.5) is 0 Å². The van der Waals surface area contributed by atoms with Gasteiger partial charge in [0.15, 0.2) is 0 Å². The van der Waals surface area contributed by atoms with Crippen LogP contribution in [0.15, 0.2) is 18.2 Å². The Hall–Kier alpha value is -0.990. The highest BCUT2D eigenvalue weighted by Gasteiger charge is 2.11. The summed E-state index contributed by atoms with van der Waals surface area (Å²) in [6.45, 7) is 2.89. The molecule has 2 rings (SSSR count). The molecule has 0 radical (unpaired) electrons. The number of fused-ring (bicyclic) bond motifs is 1. The molecule has 0 saturated heterocycles. The molecule has 2 nitrogen and oxygen atoms in total. The second-order valence-electron chi connectivity index (χ2n) is 4.18. The molecule has 0 unspecified atom stereocenters. The molecule has 1 heterocycles. The van der Waals surface area contributed by atoms with Gasteiger partial charge in [-0.05, 0) is 50.1 Å². The number of hydrogen-bond donors (Lipinski definition) is 1. The van der Waals surface area contributed by atoms with E-state index >= 15 is 0 Å². The van der Waals surface area contributed by atoms with Crippen molar-refractivity contribution < 1.29 is 0 Å². The van der Waals surface area contributed by atoms with Gasteiger partial charge in [-0.15, -0.1) is 0 Å². The first kappa shape index (κ1) is 11.5. The molecular formula is C13H17ClN2. The third-order valence-corrected chi connectivity index (χ3v) is 3.45. The van der Waals surface area contributed by atoms with Crippen molar-refractivity contribution in [3.05, 3.63) is 34.5 Å². The Morgan fingerprint density at radius 1 is 1.38 bits per heavy atom. The lowest BCUT2D eigenvalue weighted by Crippen LogP contribution is -2.01. The second kappa shape index (κ2) is 4.48. The number of rotatable bonds is 3. The average molecular weight is 237 g/mol. The van der Waals surface area contributed by atoms with Crippen molar-refractivity contribution in [1.29, 1.82) is 0 Å². The first-order chi connectivity index (χ1) is 7.65. The number of benzene rings is 1. The summed E-state index contributed by atoms with van der Waals surface area (Å²) in [4.78, 5) is 0. The van der Waals surface area contributed by atoms with Crippen LogP contribution in [0.2, 0.25) is 5.02 Å². The smallest absolute Gasteiger partial charge is 0.0483 e. The molecule has 0 spiro atoms. The molecule has 3 heteroatoms. The zero-order valence-corrected chi connectivity index (χ0v) is 10.5. The van der Waals surface area contributed by atoms with Gasteiger partial charge in [-0.2, -0.15) is 0 Å². The van der Waals surface area contributed by atoms with Crippen LogP contribution in [0.3, 0.4) is 0 Å². The summed E-state index contributed by atoms with van der Waals surface area (Å²) < 4.78 is 2.22. The quantitative estimate of drug-likeness (QED) is 0.873. The molecule has 1 aromatic heterocycles. The maximum Gasteiger partial charge on any atom is 0.0483 e. The highest BCUT2D eigenvalue weighted by Crippen LogP contribution is 2.28. The molecule has 0 aliphatic rings. The number of nitrogens with zero attached hydrogens (tertiary/aromatic N) is 1. The van der Waals surface area contributed by atoms with Crippen molar-refractivity contribution in [2.75, 3.05) is 6.54 Å². The highest BCUT2D eigenvalue weighted by molar-refractivity contribution is 6.31. The Labute approximate surface area is 101 Å². The number of nitrogens with two attached hydrogens (primary N) is 1. The largest absolute Gasteiger partial charge is 0.348 e. The summed E-state index contributed by atoms with van der Waals surface area (Å²) in [6, 6.07) is 6.07. The minimum Gasteiger partial charge on any atom is -0.348 e. The summed E-state index contributed by atoms with van der Waals surface area (Å²) in [5, 5.41) is 2.06. The van der Waals surface area contributed by atoms with Gasteiger partial charge in [0.05, 0.1) is 0 Å². The van der Waals surface area contributed by atoms with Crippen LogP contribution in [0.1, 0.15) is 17.7 Å². The van der Waals surface area contributed by atoms with Crippen LogP contribution in [-0.2, 0) is 13.5 Å². The molecule has 0 aliphatic heterocycles. The van der Waals surface area contributed by atoms with Crippen molar-refractivity contribution in [3.8, 4) is 0 Å². The number of aryl methyl sites for hydroxylation is 2. The van der Waals surface area contributed by atoms with Gasteiger partial charge in [0.2, 0.25) is 0 Å². The predicted octanol–water partition coefficient (Wildman–Crippen LogP) is 3.03. The van der Waals surface area contributed by atoms with E-state index in [-0.39, 0.29) is 0 Å². The summed E-state index contributed by atoms with van der Waals surface area (Å²) in [5.74, 6) is 0. The minimum atomic E-state index is 0.733. The fourth-order valence-electron chi connectivity index (χ4n) is 2.21. The Bertz CT molecular complexity index is 514. The Kier molecular flexibility index (Phi) is 3.22. The van der Waals surface area contributed by atoms with Crippen molar-refractivity contribution in [2.24, 2.45) is 12.8 Å². The van der Waals surface area contributed by atoms with Crippen LogP contribution in [0.5, 0.6) is 0 Å². The van der Waals surface area contributed by atoms with E-state index in [0.29, 0.717) is 0 Å². The van der Waals surface area contributed by atoms with Crippen molar-refractivity contribution in [1.82, 2.24) is 4.57 Å². The van der Waals surface area contributed by atoms with Crippen molar-refractivity contribution >= 4 is 22.5 Å². The topological polar surface area (TPSA) is 30.9 Å². The normalized spacial score (nSPS) is 11.2. The lowest BCUT2D eigenvalue weighted by atomic mass is 10.1. The number of halogens is 1. The fraction of sp³-hybridized carbons (Fsp3) is 0.385. The number of hydrogen-bond acceptors (Lipinski definition) is 1. The number of aromatic nitrogens is 1. The molecule has 2 N–H and O–H groups in total. The first-order valence-electron chi connectivity index (χ1n) is 5.58. The monoisotopic (exact) mass is 236 g/mol. The molecule has 0 amide bonds. The standard InChI is InChI=1S/C13H17ClN2/c1-9-11(4-3-7-15)12-8-10(14)5-6-13(12)16(9)2/h5-6,8H,3-4,7,15H2,1-2H3. The van der Waals surface area contributed by atoms with E-state index in [1.165, 1.54) is 22.2 Å². The van der Waals surface area contributed by atoms with E-state index in [4.69, 9.17) is 17.3 Å². The van der Waals surface area contributed by atoms with E-state index in [9.17, 15) is 0 Å². The third-order valence-electron chi connectivity index (χ3n) is 3.22. The van der Waals surface area contributed by atoms with Crippen LogP contribution < -0.4 is 5.73 Å². The van der Waals surface area contributed by atoms with E-state index < -0.39 is 0 Å². The summed E-state index contributed by atoms with van der Waals surface area (Å²) >= 11 is 6.05. The molecular weight excluding hydrogens is 220 g/mol. The van der Waals surface area contributed by atoms with E-state index in [1.54, 1.807) is 0 Å². The zero-order chi connectivity index (χ0) is 11.7. The molecule has 0 aliphatic carbocycles. The van der Waals surface area contributed by atoms with Gasteiger partial charge in [0.1, 0.15) is 0 Å². The lowest BCUT2D eigenvalue weighted by molar-refractivity contribution is 0.816. The average Bonchev–Trinajstić information content (AvgIpc) is 2.50. The third kappa shape index (κ3) is 1.83. The first-order valence-corrected chi connectivity index (χ1v) is 5.96. The fourth-order valence-corrected chi connectivity index (χ4v) is 2.39. The maximum absolute atomic E-state index is 6.05. The van der Waals surface area contributed by atoms with Gasteiger partial charge in [0.25, 0.3) is 0 Å². The molecule has 0 bridgehead atoms. The summed E-state index contributed by atoms with van der Waals surface area (Å²) in [7, 11) is 2.09. The Balaban J connectivity index is 2.61. The summed E-state index contributed by atoms with van der Waals surface area (Å²) in [6.07, 6.45) is 2.05. The van der Waals surface area contributed by atoms with Crippen molar-refractivity contribution in [2.45, 2.75) is 19.8 Å².